The van der Waals surface area contributed by atoms with Gasteiger partial charge in [0.15, 0.2) is 5.96 Å². The second-order valence-corrected chi connectivity index (χ2v) is 5.22. The molecule has 2 aromatic carbocycles. The summed E-state index contributed by atoms with van der Waals surface area (Å²) in [5, 5.41) is 1.99. The molecule has 23 heavy (non-hydrogen) atoms. The Bertz CT molecular complexity index is 927. The minimum Gasteiger partial charge on any atom is -0.370 e. The number of amides is 1. The topological polar surface area (TPSA) is 94.4 Å². The van der Waals surface area contributed by atoms with Crippen molar-refractivity contribution in [2.24, 2.45) is 16.5 Å². The van der Waals surface area contributed by atoms with Gasteiger partial charge >= 0.3 is 0 Å². The standard InChI is InChI=1S/C18H16N4O/c1-11-14(6-3-9-21-11)15-5-2-4-12-7-8-13(10-16(12)15)17(23)22-18(19)20/h2-10H,1H3,(H4,19,20,22,23). The van der Waals surface area contributed by atoms with Crippen LogP contribution in [0.3, 0.4) is 0 Å². The molecular formula is C18H16N4O. The highest BCUT2D eigenvalue weighted by Gasteiger charge is 2.10. The predicted molar refractivity (Wildman–Crippen MR) is 92.1 cm³/mol. The van der Waals surface area contributed by atoms with Crippen molar-refractivity contribution in [3.8, 4) is 11.1 Å². The van der Waals surface area contributed by atoms with E-state index >= 15 is 0 Å². The number of hydrogen-bond acceptors (Lipinski definition) is 2. The Balaban J connectivity index is 2.22. The molecule has 0 bridgehead atoms. The van der Waals surface area contributed by atoms with Gasteiger partial charge in [-0.15, -0.1) is 0 Å². The van der Waals surface area contributed by atoms with Gasteiger partial charge in [0.05, 0.1) is 0 Å². The van der Waals surface area contributed by atoms with Crippen molar-refractivity contribution in [3.05, 3.63) is 66.0 Å². The highest BCUT2D eigenvalue weighted by molar-refractivity contribution is 6.06. The van der Waals surface area contributed by atoms with Gasteiger partial charge in [0, 0.05) is 23.0 Å². The van der Waals surface area contributed by atoms with Crippen molar-refractivity contribution >= 4 is 22.6 Å². The molecule has 1 amide bonds. The summed E-state index contributed by atoms with van der Waals surface area (Å²) >= 11 is 0. The molecule has 3 aromatic rings. The largest absolute Gasteiger partial charge is 0.370 e. The first-order valence-electron chi connectivity index (χ1n) is 7.15. The number of nitrogens with zero attached hydrogens (tertiary/aromatic N) is 2. The summed E-state index contributed by atoms with van der Waals surface area (Å²) < 4.78 is 0. The second-order valence-electron chi connectivity index (χ2n) is 5.22. The molecule has 0 saturated carbocycles. The number of rotatable bonds is 2. The Morgan fingerprint density at radius 2 is 1.83 bits per heavy atom. The lowest BCUT2D eigenvalue weighted by atomic mass is 9.96. The Hall–Kier alpha value is -3.21. The molecule has 0 radical (unpaired) electrons. The Morgan fingerprint density at radius 3 is 2.57 bits per heavy atom. The average Bonchev–Trinajstić information content (AvgIpc) is 2.54. The summed E-state index contributed by atoms with van der Waals surface area (Å²) in [5.74, 6) is -0.698. The third-order valence-electron chi connectivity index (χ3n) is 3.66. The third-order valence-corrected chi connectivity index (χ3v) is 3.66. The molecule has 4 N–H and O–H groups in total. The molecule has 0 unspecified atom stereocenters. The molecule has 0 aliphatic carbocycles. The van der Waals surface area contributed by atoms with E-state index in [1.54, 1.807) is 12.3 Å². The molecule has 1 heterocycles. The number of aliphatic imine (C=N–C) groups is 1. The average molecular weight is 304 g/mol. The van der Waals surface area contributed by atoms with Crippen LogP contribution in [0.25, 0.3) is 21.9 Å². The van der Waals surface area contributed by atoms with Crippen LogP contribution in [0.1, 0.15) is 16.1 Å². The monoisotopic (exact) mass is 304 g/mol. The van der Waals surface area contributed by atoms with Gasteiger partial charge in [-0.2, -0.15) is 4.99 Å². The van der Waals surface area contributed by atoms with E-state index in [0.717, 1.165) is 27.6 Å². The molecule has 5 nitrogen and oxygen atoms in total. The molecule has 0 fully saturated rings. The van der Waals surface area contributed by atoms with Crippen LogP contribution in [0.2, 0.25) is 0 Å². The minimum absolute atomic E-state index is 0.244. The number of pyridine rings is 1. The van der Waals surface area contributed by atoms with Crippen molar-refractivity contribution in [1.29, 1.82) is 0 Å². The van der Waals surface area contributed by atoms with Crippen LogP contribution in [0, 0.1) is 6.92 Å². The van der Waals surface area contributed by atoms with E-state index in [4.69, 9.17) is 11.5 Å². The maximum atomic E-state index is 12.1. The lowest BCUT2D eigenvalue weighted by Gasteiger charge is -2.10. The summed E-state index contributed by atoms with van der Waals surface area (Å²) in [6.07, 6.45) is 1.76. The summed E-state index contributed by atoms with van der Waals surface area (Å²) in [4.78, 5) is 20.0. The van der Waals surface area contributed by atoms with Crippen molar-refractivity contribution in [2.45, 2.75) is 6.92 Å². The summed E-state index contributed by atoms with van der Waals surface area (Å²) in [7, 11) is 0. The van der Waals surface area contributed by atoms with Crippen LogP contribution in [0.15, 0.2) is 59.7 Å². The minimum atomic E-state index is -0.454. The van der Waals surface area contributed by atoms with Crippen LogP contribution >= 0.6 is 0 Å². The summed E-state index contributed by atoms with van der Waals surface area (Å²) in [6, 6.07) is 15.3. The van der Waals surface area contributed by atoms with Gasteiger partial charge < -0.3 is 11.5 Å². The number of aromatic nitrogens is 1. The molecule has 5 heteroatoms. The highest BCUT2D eigenvalue weighted by atomic mass is 16.1. The van der Waals surface area contributed by atoms with Crippen molar-refractivity contribution in [1.82, 2.24) is 4.98 Å². The van der Waals surface area contributed by atoms with E-state index in [1.807, 2.05) is 49.4 Å². The Labute approximate surface area is 133 Å². The maximum Gasteiger partial charge on any atom is 0.280 e. The van der Waals surface area contributed by atoms with E-state index in [9.17, 15) is 4.79 Å². The zero-order valence-electron chi connectivity index (χ0n) is 12.7. The highest BCUT2D eigenvalue weighted by Crippen LogP contribution is 2.30. The second kappa shape index (κ2) is 5.88. The van der Waals surface area contributed by atoms with Gasteiger partial charge in [-0.05, 0) is 41.5 Å². The molecule has 3 rings (SSSR count). The third kappa shape index (κ3) is 2.89. The first kappa shape index (κ1) is 14.7. The summed E-state index contributed by atoms with van der Waals surface area (Å²) in [6.45, 7) is 1.96. The van der Waals surface area contributed by atoms with Crippen LogP contribution in [-0.4, -0.2) is 16.9 Å². The van der Waals surface area contributed by atoms with Crippen LogP contribution in [0.4, 0.5) is 0 Å². The molecule has 0 spiro atoms. The fraction of sp³-hybridized carbons (Fsp3) is 0.0556. The van der Waals surface area contributed by atoms with Gasteiger partial charge in [0.25, 0.3) is 5.91 Å². The van der Waals surface area contributed by atoms with E-state index in [0.29, 0.717) is 5.56 Å². The van der Waals surface area contributed by atoms with Gasteiger partial charge in [-0.25, -0.2) is 0 Å². The van der Waals surface area contributed by atoms with Gasteiger partial charge in [-0.3, -0.25) is 9.78 Å². The lowest BCUT2D eigenvalue weighted by Crippen LogP contribution is -2.24. The van der Waals surface area contributed by atoms with Crippen LogP contribution < -0.4 is 11.5 Å². The fourth-order valence-electron chi connectivity index (χ4n) is 2.59. The number of aryl methyl sites for hydroxylation is 1. The lowest BCUT2D eigenvalue weighted by molar-refractivity contribution is 0.100. The number of nitrogens with two attached hydrogens (primary N) is 2. The normalized spacial score (nSPS) is 10.5. The fourth-order valence-corrected chi connectivity index (χ4v) is 2.59. The first-order chi connectivity index (χ1) is 11.1. The molecule has 0 atom stereocenters. The molecular weight excluding hydrogens is 288 g/mol. The van der Waals surface area contributed by atoms with Gasteiger partial charge in [0.2, 0.25) is 0 Å². The quantitative estimate of drug-likeness (QED) is 0.562. The molecule has 1 aromatic heterocycles. The van der Waals surface area contributed by atoms with Crippen molar-refractivity contribution in [2.75, 3.05) is 0 Å². The first-order valence-corrected chi connectivity index (χ1v) is 7.15. The maximum absolute atomic E-state index is 12.1. The molecule has 0 saturated heterocycles. The van der Waals surface area contributed by atoms with E-state index in [2.05, 4.69) is 9.98 Å². The number of carbonyl (C=O) groups excluding carboxylic acids is 1. The number of benzene rings is 2. The smallest absolute Gasteiger partial charge is 0.280 e. The SMILES string of the molecule is Cc1ncccc1-c1cccc2ccc(C(=O)N=C(N)N)cc12. The molecule has 0 aliphatic rings. The molecule has 114 valence electrons. The van der Waals surface area contributed by atoms with Crippen LogP contribution in [0.5, 0.6) is 0 Å². The zero-order valence-corrected chi connectivity index (χ0v) is 12.7. The van der Waals surface area contributed by atoms with Gasteiger partial charge in [-0.1, -0.05) is 30.3 Å². The molecule has 0 aliphatic heterocycles. The predicted octanol–water partition coefficient (Wildman–Crippen LogP) is 2.62. The van der Waals surface area contributed by atoms with Crippen LogP contribution in [-0.2, 0) is 0 Å². The van der Waals surface area contributed by atoms with Crippen molar-refractivity contribution < 1.29 is 4.79 Å². The van der Waals surface area contributed by atoms with Crippen molar-refractivity contribution in [3.63, 3.8) is 0 Å². The van der Waals surface area contributed by atoms with E-state index in [-0.39, 0.29) is 5.96 Å². The number of guanidine groups is 1. The number of fused-ring (bicyclic) bond motifs is 1. The van der Waals surface area contributed by atoms with E-state index < -0.39 is 5.91 Å². The van der Waals surface area contributed by atoms with E-state index in [1.165, 1.54) is 0 Å². The number of carbonyl (C=O) groups is 1. The Morgan fingerprint density at radius 1 is 1.04 bits per heavy atom. The zero-order chi connectivity index (χ0) is 16.4. The summed E-state index contributed by atoms with van der Waals surface area (Å²) in [5.41, 5.74) is 14.0. The number of hydrogen-bond donors (Lipinski definition) is 2. The Kier molecular flexibility index (Phi) is 3.76. The van der Waals surface area contributed by atoms with Gasteiger partial charge in [0.1, 0.15) is 0 Å².